The van der Waals surface area contributed by atoms with Crippen molar-refractivity contribution in [3.05, 3.63) is 21.1 Å². The van der Waals surface area contributed by atoms with E-state index in [-0.39, 0.29) is 9.90 Å². The van der Waals surface area contributed by atoms with Crippen molar-refractivity contribution >= 4 is 28.9 Å². The second-order valence-electron chi connectivity index (χ2n) is 1.53. The molecule has 1 rings (SSSR count). The molecule has 0 saturated carbocycles. The summed E-state index contributed by atoms with van der Waals surface area (Å²) in [5.74, 6) is -1.87. The molecule has 0 aliphatic heterocycles. The van der Waals surface area contributed by atoms with Crippen LogP contribution in [0.25, 0.3) is 0 Å². The molecule has 0 bridgehead atoms. The molecule has 0 spiro atoms. The molecule has 0 aliphatic rings. The van der Waals surface area contributed by atoms with Gasteiger partial charge in [-0.2, -0.15) is 0 Å². The minimum Gasteiger partial charge on any atom is -0.477 e. The lowest BCUT2D eigenvalue weighted by molar-refractivity contribution is 0.0702. The smallest absolute Gasteiger partial charge is 0.347 e. The highest BCUT2D eigenvalue weighted by Gasteiger charge is 2.14. The highest BCUT2D eigenvalue weighted by atomic mass is 35.5. The second-order valence-corrected chi connectivity index (χ2v) is 2.79. The van der Waals surface area contributed by atoms with Crippen LogP contribution in [0.1, 0.15) is 9.67 Å². The van der Waals surface area contributed by atoms with Crippen LogP contribution < -0.4 is 0 Å². The lowest BCUT2D eigenvalue weighted by Crippen LogP contribution is -1.91. The van der Waals surface area contributed by atoms with E-state index in [4.69, 9.17) is 16.7 Å². The van der Waals surface area contributed by atoms with Gasteiger partial charge in [-0.15, -0.1) is 11.3 Å². The summed E-state index contributed by atoms with van der Waals surface area (Å²) in [5.41, 5.74) is 0. The molecule has 1 aromatic heterocycles. The van der Waals surface area contributed by atoms with E-state index < -0.39 is 11.8 Å². The van der Waals surface area contributed by atoms with E-state index in [0.29, 0.717) is 0 Å². The topological polar surface area (TPSA) is 37.3 Å². The zero-order valence-electron chi connectivity index (χ0n) is 4.60. The molecule has 1 heterocycles. The molecule has 0 saturated heterocycles. The number of carboxylic acids is 1. The zero-order valence-corrected chi connectivity index (χ0v) is 6.17. The highest BCUT2D eigenvalue weighted by Crippen LogP contribution is 2.25. The van der Waals surface area contributed by atoms with Gasteiger partial charge in [0.05, 0.1) is 0 Å². The third-order valence-corrected chi connectivity index (χ3v) is 2.30. The molecule has 0 fully saturated rings. The van der Waals surface area contributed by atoms with Crippen LogP contribution in [0.4, 0.5) is 4.39 Å². The molecule has 0 radical (unpaired) electrons. The van der Waals surface area contributed by atoms with Crippen molar-refractivity contribution in [3.8, 4) is 0 Å². The summed E-state index contributed by atoms with van der Waals surface area (Å²) in [5, 5.41) is 9.09. The van der Waals surface area contributed by atoms with E-state index in [1.165, 1.54) is 0 Å². The fourth-order valence-electron chi connectivity index (χ4n) is 0.467. The number of aromatic carboxylic acids is 1. The number of carbonyl (C=O) groups is 1. The first-order valence-corrected chi connectivity index (χ1v) is 3.54. The fourth-order valence-corrected chi connectivity index (χ4v) is 1.44. The Hall–Kier alpha value is -0.610. The Labute approximate surface area is 64.9 Å². The minimum absolute atomic E-state index is 0.154. The van der Waals surface area contributed by atoms with Gasteiger partial charge in [0.2, 0.25) is 0 Å². The molecule has 1 aromatic rings. The van der Waals surface area contributed by atoms with E-state index in [1.807, 2.05) is 0 Å². The standard InChI is InChI=1S/C5H2ClFO2S/c6-3-2(7)1-10-4(3)5(8)9/h1H,(H,8,9). The van der Waals surface area contributed by atoms with E-state index in [0.717, 1.165) is 16.7 Å². The first-order chi connectivity index (χ1) is 4.63. The molecular formula is C5H2ClFO2S. The van der Waals surface area contributed by atoms with Crippen LogP contribution in [0.15, 0.2) is 5.38 Å². The van der Waals surface area contributed by atoms with Gasteiger partial charge in [0.25, 0.3) is 0 Å². The van der Waals surface area contributed by atoms with Crippen LogP contribution in [0.3, 0.4) is 0 Å². The number of hydrogen-bond acceptors (Lipinski definition) is 2. The lowest BCUT2D eigenvalue weighted by atomic mass is 10.5. The molecule has 0 unspecified atom stereocenters. The Bertz CT molecular complexity index is 271. The normalized spacial score (nSPS) is 9.80. The maximum atomic E-state index is 12.3. The highest BCUT2D eigenvalue weighted by molar-refractivity contribution is 7.12. The van der Waals surface area contributed by atoms with Gasteiger partial charge in [-0.05, 0) is 0 Å². The molecule has 0 atom stereocenters. The molecular weight excluding hydrogens is 179 g/mol. The van der Waals surface area contributed by atoms with Crippen molar-refractivity contribution in [1.29, 1.82) is 0 Å². The Morgan fingerprint density at radius 3 is 2.60 bits per heavy atom. The first-order valence-electron chi connectivity index (χ1n) is 2.28. The Morgan fingerprint density at radius 1 is 1.80 bits per heavy atom. The molecule has 0 aliphatic carbocycles. The van der Waals surface area contributed by atoms with Gasteiger partial charge in [0.15, 0.2) is 5.82 Å². The van der Waals surface area contributed by atoms with Crippen LogP contribution in [0, 0.1) is 5.82 Å². The number of carboxylic acid groups (broad SMARTS) is 1. The minimum atomic E-state index is -1.20. The van der Waals surface area contributed by atoms with Crippen LogP contribution in [0.5, 0.6) is 0 Å². The Kier molecular flexibility index (Phi) is 1.92. The van der Waals surface area contributed by atoms with Crippen molar-refractivity contribution < 1.29 is 14.3 Å². The van der Waals surface area contributed by atoms with Gasteiger partial charge >= 0.3 is 5.97 Å². The van der Waals surface area contributed by atoms with Crippen molar-refractivity contribution in [2.45, 2.75) is 0 Å². The fraction of sp³-hybridized carbons (Fsp3) is 0. The summed E-state index contributed by atoms with van der Waals surface area (Å²) in [6.07, 6.45) is 0. The lowest BCUT2D eigenvalue weighted by Gasteiger charge is -1.85. The van der Waals surface area contributed by atoms with E-state index in [9.17, 15) is 9.18 Å². The van der Waals surface area contributed by atoms with Crippen LogP contribution in [0.2, 0.25) is 5.02 Å². The summed E-state index contributed by atoms with van der Waals surface area (Å²) in [4.78, 5) is 10.0. The summed E-state index contributed by atoms with van der Waals surface area (Å²) in [7, 11) is 0. The molecule has 0 amide bonds. The van der Waals surface area contributed by atoms with Crippen LogP contribution in [-0.4, -0.2) is 11.1 Å². The van der Waals surface area contributed by atoms with Gasteiger partial charge in [0, 0.05) is 5.38 Å². The monoisotopic (exact) mass is 180 g/mol. The maximum Gasteiger partial charge on any atom is 0.347 e. The van der Waals surface area contributed by atoms with Gasteiger partial charge in [0.1, 0.15) is 9.90 Å². The number of halogens is 2. The predicted octanol–water partition coefficient (Wildman–Crippen LogP) is 2.24. The third kappa shape index (κ3) is 1.12. The van der Waals surface area contributed by atoms with Crippen LogP contribution >= 0.6 is 22.9 Å². The summed E-state index contributed by atoms with van der Waals surface area (Å²) in [6, 6.07) is 0. The molecule has 2 nitrogen and oxygen atoms in total. The van der Waals surface area contributed by atoms with Crippen molar-refractivity contribution in [2.75, 3.05) is 0 Å². The van der Waals surface area contributed by atoms with Crippen LogP contribution in [-0.2, 0) is 0 Å². The summed E-state index contributed by atoms with van der Waals surface area (Å²) < 4.78 is 12.3. The number of hydrogen-bond donors (Lipinski definition) is 1. The molecule has 54 valence electrons. The van der Waals surface area contributed by atoms with E-state index in [2.05, 4.69) is 0 Å². The number of rotatable bonds is 1. The maximum absolute atomic E-state index is 12.3. The quantitative estimate of drug-likeness (QED) is 0.720. The third-order valence-electron chi connectivity index (χ3n) is 0.884. The summed E-state index contributed by atoms with van der Waals surface area (Å²) in [6.45, 7) is 0. The van der Waals surface area contributed by atoms with E-state index >= 15 is 0 Å². The Balaban J connectivity index is 3.17. The molecule has 5 heteroatoms. The average Bonchev–Trinajstić information content (AvgIpc) is 2.14. The largest absolute Gasteiger partial charge is 0.477 e. The Morgan fingerprint density at radius 2 is 2.40 bits per heavy atom. The second kappa shape index (κ2) is 2.56. The molecule has 10 heavy (non-hydrogen) atoms. The van der Waals surface area contributed by atoms with E-state index in [1.54, 1.807) is 0 Å². The summed E-state index contributed by atoms with van der Waals surface area (Å²) >= 11 is 6.04. The predicted molar refractivity (Wildman–Crippen MR) is 36.2 cm³/mol. The van der Waals surface area contributed by atoms with Crippen molar-refractivity contribution in [3.63, 3.8) is 0 Å². The van der Waals surface area contributed by atoms with Gasteiger partial charge < -0.3 is 5.11 Å². The first kappa shape index (κ1) is 7.50. The zero-order chi connectivity index (χ0) is 7.72. The molecule has 0 aromatic carbocycles. The van der Waals surface area contributed by atoms with Gasteiger partial charge in [-0.3, -0.25) is 0 Å². The average molecular weight is 181 g/mol. The number of thiophene rings is 1. The van der Waals surface area contributed by atoms with Crippen molar-refractivity contribution in [2.24, 2.45) is 0 Å². The van der Waals surface area contributed by atoms with Crippen molar-refractivity contribution in [1.82, 2.24) is 0 Å². The van der Waals surface area contributed by atoms with Gasteiger partial charge in [-0.1, -0.05) is 11.6 Å². The molecule has 1 N–H and O–H groups in total. The SMILES string of the molecule is O=C(O)c1scc(F)c1Cl. The van der Waals surface area contributed by atoms with Gasteiger partial charge in [-0.25, -0.2) is 9.18 Å².